The summed E-state index contributed by atoms with van der Waals surface area (Å²) in [6.07, 6.45) is 2.57. The molecule has 20 heavy (non-hydrogen) atoms. The number of hydrogen-bond donors (Lipinski definition) is 1. The standard InChI is InChI=1S/C14H15Cl2NO3/c1-20-9-4-14(5-9)6-17(7-14)8-2-10(15)12(13(18)19)11(16)3-8/h2-3,9H,4-7H2,1H3,(H,18,19). The van der Waals surface area contributed by atoms with E-state index in [0.717, 1.165) is 31.6 Å². The normalized spacial score (nSPS) is 20.6. The molecule has 2 aliphatic rings. The summed E-state index contributed by atoms with van der Waals surface area (Å²) in [5.41, 5.74) is 1.22. The Morgan fingerprint density at radius 1 is 1.35 bits per heavy atom. The maximum Gasteiger partial charge on any atom is 0.338 e. The summed E-state index contributed by atoms with van der Waals surface area (Å²) in [6, 6.07) is 3.35. The van der Waals surface area contributed by atoms with Crippen LogP contribution in [-0.2, 0) is 4.74 Å². The van der Waals surface area contributed by atoms with Gasteiger partial charge in [0.1, 0.15) is 0 Å². The maximum absolute atomic E-state index is 11.0. The molecule has 1 saturated carbocycles. The van der Waals surface area contributed by atoms with Gasteiger partial charge in [0.15, 0.2) is 0 Å². The van der Waals surface area contributed by atoms with Gasteiger partial charge >= 0.3 is 5.97 Å². The second-order valence-corrected chi connectivity index (χ2v) is 6.53. The van der Waals surface area contributed by atoms with Gasteiger partial charge in [0.2, 0.25) is 0 Å². The Hall–Kier alpha value is -0.970. The number of carboxylic acid groups (broad SMARTS) is 1. The summed E-state index contributed by atoms with van der Waals surface area (Å²) in [4.78, 5) is 13.2. The van der Waals surface area contributed by atoms with Crippen molar-refractivity contribution in [3.8, 4) is 0 Å². The molecular weight excluding hydrogens is 301 g/mol. The molecule has 1 aromatic carbocycles. The molecule has 1 saturated heterocycles. The summed E-state index contributed by atoms with van der Waals surface area (Å²) < 4.78 is 5.31. The summed E-state index contributed by atoms with van der Waals surface area (Å²) in [7, 11) is 1.75. The number of carboxylic acids is 1. The highest BCUT2D eigenvalue weighted by molar-refractivity contribution is 6.39. The van der Waals surface area contributed by atoms with Crippen LogP contribution in [0.2, 0.25) is 10.0 Å². The van der Waals surface area contributed by atoms with E-state index in [9.17, 15) is 4.79 Å². The number of anilines is 1. The van der Waals surface area contributed by atoms with E-state index < -0.39 is 5.97 Å². The summed E-state index contributed by atoms with van der Waals surface area (Å²) in [5.74, 6) is -1.10. The van der Waals surface area contributed by atoms with Crippen LogP contribution < -0.4 is 4.90 Å². The number of hydrogen-bond acceptors (Lipinski definition) is 3. The summed E-state index contributed by atoms with van der Waals surface area (Å²) in [5, 5.41) is 9.41. The fraction of sp³-hybridized carbons (Fsp3) is 0.500. The Balaban J connectivity index is 1.73. The van der Waals surface area contributed by atoms with Crippen LogP contribution in [0, 0.1) is 5.41 Å². The van der Waals surface area contributed by atoms with Gasteiger partial charge in [0.05, 0.1) is 21.7 Å². The van der Waals surface area contributed by atoms with Crippen LogP contribution in [0.3, 0.4) is 0 Å². The lowest BCUT2D eigenvalue weighted by Crippen LogP contribution is -2.64. The Kier molecular flexibility index (Phi) is 3.35. The Morgan fingerprint density at radius 3 is 2.35 bits per heavy atom. The third-order valence-electron chi connectivity index (χ3n) is 4.31. The smallest absolute Gasteiger partial charge is 0.338 e. The van der Waals surface area contributed by atoms with Crippen LogP contribution in [0.1, 0.15) is 23.2 Å². The minimum Gasteiger partial charge on any atom is -0.478 e. The van der Waals surface area contributed by atoms with Gasteiger partial charge in [-0.1, -0.05) is 23.2 Å². The largest absolute Gasteiger partial charge is 0.478 e. The molecule has 1 N–H and O–H groups in total. The Labute approximate surface area is 127 Å². The quantitative estimate of drug-likeness (QED) is 0.929. The first-order chi connectivity index (χ1) is 9.44. The highest BCUT2D eigenvalue weighted by Crippen LogP contribution is 2.51. The van der Waals surface area contributed by atoms with E-state index in [2.05, 4.69) is 4.90 Å². The number of nitrogens with zero attached hydrogens (tertiary/aromatic N) is 1. The average molecular weight is 316 g/mol. The van der Waals surface area contributed by atoms with Crippen molar-refractivity contribution in [2.75, 3.05) is 25.1 Å². The van der Waals surface area contributed by atoms with Gasteiger partial charge in [0, 0.05) is 31.3 Å². The van der Waals surface area contributed by atoms with Crippen LogP contribution in [0.15, 0.2) is 12.1 Å². The molecule has 0 bridgehead atoms. The minimum atomic E-state index is -1.10. The van der Waals surface area contributed by atoms with Gasteiger partial charge in [-0.25, -0.2) is 4.79 Å². The van der Waals surface area contributed by atoms with Gasteiger partial charge in [-0.2, -0.15) is 0 Å². The molecule has 1 aliphatic carbocycles. The van der Waals surface area contributed by atoms with Crippen LogP contribution in [-0.4, -0.2) is 37.4 Å². The van der Waals surface area contributed by atoms with Crippen molar-refractivity contribution >= 4 is 34.9 Å². The zero-order valence-electron chi connectivity index (χ0n) is 11.0. The van der Waals surface area contributed by atoms with E-state index in [1.807, 2.05) is 0 Å². The molecule has 4 nitrogen and oxygen atoms in total. The van der Waals surface area contributed by atoms with Crippen LogP contribution in [0.4, 0.5) is 5.69 Å². The molecule has 0 atom stereocenters. The second kappa shape index (κ2) is 4.79. The number of aromatic carboxylic acids is 1. The minimum absolute atomic E-state index is 0.0320. The lowest BCUT2D eigenvalue weighted by atomic mass is 9.61. The number of rotatable bonds is 3. The fourth-order valence-corrected chi connectivity index (χ4v) is 3.86. The van der Waals surface area contributed by atoms with Gasteiger partial charge in [-0.15, -0.1) is 0 Å². The highest BCUT2D eigenvalue weighted by Gasteiger charge is 2.52. The van der Waals surface area contributed by atoms with E-state index in [4.69, 9.17) is 33.0 Å². The molecule has 0 unspecified atom stereocenters. The third kappa shape index (κ3) is 2.16. The monoisotopic (exact) mass is 315 g/mol. The van der Waals surface area contributed by atoms with Gasteiger partial charge in [-0.3, -0.25) is 0 Å². The molecular formula is C14H15Cl2NO3. The van der Waals surface area contributed by atoms with Crippen molar-refractivity contribution in [1.29, 1.82) is 0 Å². The molecule has 2 fully saturated rings. The van der Waals surface area contributed by atoms with Crippen molar-refractivity contribution in [2.45, 2.75) is 18.9 Å². The molecule has 0 amide bonds. The van der Waals surface area contributed by atoms with Crippen molar-refractivity contribution in [2.24, 2.45) is 5.41 Å². The van der Waals surface area contributed by atoms with Crippen LogP contribution in [0.5, 0.6) is 0 Å². The molecule has 1 aromatic rings. The number of carbonyl (C=O) groups is 1. The van der Waals surface area contributed by atoms with E-state index >= 15 is 0 Å². The lowest BCUT2D eigenvalue weighted by Gasteiger charge is -2.59. The molecule has 1 spiro atoms. The van der Waals surface area contributed by atoms with Crippen LogP contribution >= 0.6 is 23.2 Å². The molecule has 1 heterocycles. The SMILES string of the molecule is COC1CC2(C1)CN(c1cc(Cl)c(C(=O)O)c(Cl)c1)C2. The average Bonchev–Trinajstić information content (AvgIpc) is 2.23. The first kappa shape index (κ1) is 14.0. The molecule has 6 heteroatoms. The first-order valence-electron chi connectivity index (χ1n) is 6.44. The second-order valence-electron chi connectivity index (χ2n) is 5.71. The predicted octanol–water partition coefficient (Wildman–Crippen LogP) is 3.31. The molecule has 1 aliphatic heterocycles. The third-order valence-corrected chi connectivity index (χ3v) is 4.91. The van der Waals surface area contributed by atoms with E-state index in [0.29, 0.717) is 11.5 Å². The molecule has 0 radical (unpaired) electrons. The maximum atomic E-state index is 11.0. The zero-order valence-corrected chi connectivity index (χ0v) is 12.5. The van der Waals surface area contributed by atoms with E-state index in [1.54, 1.807) is 19.2 Å². The van der Waals surface area contributed by atoms with Gasteiger partial charge < -0.3 is 14.7 Å². The fourth-order valence-electron chi connectivity index (χ4n) is 3.22. The summed E-state index contributed by atoms with van der Waals surface area (Å²) in [6.45, 7) is 1.90. The summed E-state index contributed by atoms with van der Waals surface area (Å²) >= 11 is 12.0. The number of benzene rings is 1. The molecule has 3 rings (SSSR count). The predicted molar refractivity (Wildman–Crippen MR) is 78.1 cm³/mol. The molecule has 0 aromatic heterocycles. The van der Waals surface area contributed by atoms with Crippen molar-refractivity contribution in [3.63, 3.8) is 0 Å². The number of ether oxygens (including phenoxy) is 1. The highest BCUT2D eigenvalue weighted by atomic mass is 35.5. The number of methoxy groups -OCH3 is 1. The zero-order chi connectivity index (χ0) is 14.5. The van der Waals surface area contributed by atoms with Gasteiger partial charge in [0.25, 0.3) is 0 Å². The lowest BCUT2D eigenvalue weighted by molar-refractivity contribution is -0.0731. The molecule has 108 valence electrons. The topological polar surface area (TPSA) is 49.8 Å². The van der Waals surface area contributed by atoms with E-state index in [-0.39, 0.29) is 15.6 Å². The van der Waals surface area contributed by atoms with Crippen molar-refractivity contribution < 1.29 is 14.6 Å². The van der Waals surface area contributed by atoms with Crippen molar-refractivity contribution in [1.82, 2.24) is 0 Å². The van der Waals surface area contributed by atoms with Gasteiger partial charge in [-0.05, 0) is 25.0 Å². The van der Waals surface area contributed by atoms with E-state index in [1.165, 1.54) is 0 Å². The van der Waals surface area contributed by atoms with Crippen molar-refractivity contribution in [3.05, 3.63) is 27.7 Å². The van der Waals surface area contributed by atoms with Crippen LogP contribution in [0.25, 0.3) is 0 Å². The number of halogens is 2. The Bertz CT molecular complexity index is 539. The first-order valence-corrected chi connectivity index (χ1v) is 7.20. The Morgan fingerprint density at radius 2 is 1.90 bits per heavy atom.